The summed E-state index contributed by atoms with van der Waals surface area (Å²) in [5, 5.41) is 9.58. The van der Waals surface area contributed by atoms with Gasteiger partial charge in [-0.05, 0) is 30.5 Å². The number of ether oxygens (including phenoxy) is 1. The molecule has 0 fully saturated rings. The van der Waals surface area contributed by atoms with Crippen LogP contribution in [0.3, 0.4) is 0 Å². The highest BCUT2D eigenvalue weighted by molar-refractivity contribution is 7.10. The molecule has 92 valence electrons. The number of methoxy groups -OCH3 is 1. The van der Waals surface area contributed by atoms with Gasteiger partial charge in [0.15, 0.2) is 0 Å². The van der Waals surface area contributed by atoms with Crippen LogP contribution in [-0.4, -0.2) is 23.9 Å². The third-order valence-electron chi connectivity index (χ3n) is 2.74. The average molecular weight is 251 g/mol. The number of nitrogens with one attached hydrogen (secondary N) is 1. The molecule has 2 rings (SSSR count). The van der Waals surface area contributed by atoms with E-state index in [9.17, 15) is 0 Å². The number of nitrogens with zero attached hydrogens (tertiary/aromatic N) is 2. The van der Waals surface area contributed by atoms with Gasteiger partial charge in [0, 0.05) is 19.3 Å². The number of aryl methyl sites for hydroxylation is 1. The Morgan fingerprint density at radius 2 is 2.41 bits per heavy atom. The molecular weight excluding hydrogens is 234 g/mol. The van der Waals surface area contributed by atoms with Crippen molar-refractivity contribution in [2.45, 2.75) is 12.5 Å². The molecule has 2 aromatic heterocycles. The van der Waals surface area contributed by atoms with Gasteiger partial charge in [-0.25, -0.2) is 0 Å². The molecule has 4 nitrogen and oxygen atoms in total. The molecule has 0 amide bonds. The van der Waals surface area contributed by atoms with Crippen molar-refractivity contribution in [2.75, 3.05) is 14.2 Å². The van der Waals surface area contributed by atoms with Gasteiger partial charge in [-0.2, -0.15) is 5.10 Å². The second-order valence-electron chi connectivity index (χ2n) is 3.92. The minimum atomic E-state index is 0.272. The van der Waals surface area contributed by atoms with E-state index >= 15 is 0 Å². The van der Waals surface area contributed by atoms with Crippen LogP contribution in [-0.2, 0) is 13.5 Å². The molecule has 0 aromatic carbocycles. The number of rotatable bonds is 5. The normalized spacial score (nSPS) is 12.6. The Kier molecular flexibility index (Phi) is 3.81. The van der Waals surface area contributed by atoms with E-state index in [1.54, 1.807) is 18.4 Å². The Hall–Kier alpha value is -1.33. The zero-order valence-corrected chi connectivity index (χ0v) is 11.1. The molecule has 0 radical (unpaired) electrons. The second kappa shape index (κ2) is 5.33. The first kappa shape index (κ1) is 12.1. The predicted molar refractivity (Wildman–Crippen MR) is 69.6 cm³/mol. The Balaban J connectivity index is 2.16. The first-order valence-corrected chi connectivity index (χ1v) is 6.38. The van der Waals surface area contributed by atoms with E-state index in [1.165, 1.54) is 10.4 Å². The number of likely N-dealkylation sites (N-methyl/N-ethyl adjacent to an activating group) is 1. The molecule has 5 heteroatoms. The second-order valence-corrected chi connectivity index (χ2v) is 4.87. The lowest BCUT2D eigenvalue weighted by molar-refractivity contribution is 0.405. The van der Waals surface area contributed by atoms with Crippen LogP contribution in [0, 0.1) is 0 Å². The van der Waals surface area contributed by atoms with Crippen molar-refractivity contribution in [3.63, 3.8) is 0 Å². The highest BCUT2D eigenvalue weighted by Gasteiger charge is 2.17. The molecule has 1 unspecified atom stereocenters. The van der Waals surface area contributed by atoms with E-state index in [0.29, 0.717) is 0 Å². The summed E-state index contributed by atoms with van der Waals surface area (Å²) < 4.78 is 7.19. The third-order valence-corrected chi connectivity index (χ3v) is 3.75. The third kappa shape index (κ3) is 2.68. The average Bonchev–Trinajstić information content (AvgIpc) is 2.94. The number of hydrogen-bond donors (Lipinski definition) is 1. The Labute approximate surface area is 105 Å². The first-order valence-electron chi connectivity index (χ1n) is 5.50. The maximum absolute atomic E-state index is 5.36. The van der Waals surface area contributed by atoms with Crippen LogP contribution in [0.4, 0.5) is 0 Å². The fourth-order valence-corrected chi connectivity index (χ4v) is 2.84. The van der Waals surface area contributed by atoms with E-state index in [0.717, 1.165) is 12.2 Å². The van der Waals surface area contributed by atoms with Crippen LogP contribution in [0.2, 0.25) is 0 Å². The van der Waals surface area contributed by atoms with Gasteiger partial charge in [-0.15, -0.1) is 11.3 Å². The minimum absolute atomic E-state index is 0.272. The van der Waals surface area contributed by atoms with Crippen molar-refractivity contribution >= 4 is 11.3 Å². The quantitative estimate of drug-likeness (QED) is 0.883. The largest absolute Gasteiger partial charge is 0.496 e. The van der Waals surface area contributed by atoms with Crippen molar-refractivity contribution in [1.82, 2.24) is 15.1 Å². The molecule has 1 atom stereocenters. The van der Waals surface area contributed by atoms with E-state index in [-0.39, 0.29) is 6.04 Å². The molecule has 0 saturated heterocycles. The van der Waals surface area contributed by atoms with Gasteiger partial charge in [0.05, 0.1) is 18.2 Å². The summed E-state index contributed by atoms with van der Waals surface area (Å²) in [5.74, 6) is 0.957. The topological polar surface area (TPSA) is 39.1 Å². The van der Waals surface area contributed by atoms with Crippen LogP contribution < -0.4 is 10.1 Å². The van der Waals surface area contributed by atoms with Gasteiger partial charge in [-0.1, -0.05) is 0 Å². The summed E-state index contributed by atoms with van der Waals surface area (Å²) in [4.78, 5) is 1.24. The van der Waals surface area contributed by atoms with Gasteiger partial charge in [-0.3, -0.25) is 4.68 Å². The lowest BCUT2D eigenvalue weighted by atomic mass is 10.1. The molecule has 0 saturated carbocycles. The minimum Gasteiger partial charge on any atom is -0.496 e. The van der Waals surface area contributed by atoms with Crippen molar-refractivity contribution in [3.8, 4) is 5.75 Å². The first-order chi connectivity index (χ1) is 8.24. The Morgan fingerprint density at radius 1 is 1.59 bits per heavy atom. The lowest BCUT2D eigenvalue weighted by Crippen LogP contribution is -2.18. The van der Waals surface area contributed by atoms with Gasteiger partial charge in [0.1, 0.15) is 5.75 Å². The highest BCUT2D eigenvalue weighted by Crippen LogP contribution is 2.32. The van der Waals surface area contributed by atoms with Crippen LogP contribution in [0.1, 0.15) is 16.5 Å². The Bertz CT molecular complexity index is 478. The molecular formula is C12H17N3OS. The van der Waals surface area contributed by atoms with E-state index in [1.807, 2.05) is 37.2 Å². The van der Waals surface area contributed by atoms with Gasteiger partial charge >= 0.3 is 0 Å². The highest BCUT2D eigenvalue weighted by atomic mass is 32.1. The van der Waals surface area contributed by atoms with Gasteiger partial charge in [0.2, 0.25) is 0 Å². The lowest BCUT2D eigenvalue weighted by Gasteiger charge is -2.15. The summed E-state index contributed by atoms with van der Waals surface area (Å²) >= 11 is 1.72. The molecule has 0 aliphatic heterocycles. The summed E-state index contributed by atoms with van der Waals surface area (Å²) in [6, 6.07) is 2.28. The van der Waals surface area contributed by atoms with Gasteiger partial charge < -0.3 is 10.1 Å². The molecule has 0 aliphatic carbocycles. The van der Waals surface area contributed by atoms with Crippen molar-refractivity contribution in [1.29, 1.82) is 0 Å². The number of aromatic nitrogens is 2. The van der Waals surface area contributed by atoms with Gasteiger partial charge in [0.25, 0.3) is 0 Å². The van der Waals surface area contributed by atoms with Crippen LogP contribution in [0.5, 0.6) is 5.75 Å². The standard InChI is InChI=1S/C12H17N3OS/c1-13-10(6-9-7-14-15(2)8-9)12-11(16-3)4-5-17-12/h4-5,7-8,10,13H,6H2,1-3H3. The fourth-order valence-electron chi connectivity index (χ4n) is 1.87. The maximum atomic E-state index is 5.36. The molecule has 0 aliphatic rings. The monoisotopic (exact) mass is 251 g/mol. The van der Waals surface area contributed by atoms with E-state index in [2.05, 4.69) is 15.8 Å². The zero-order valence-electron chi connectivity index (χ0n) is 10.3. The molecule has 1 N–H and O–H groups in total. The van der Waals surface area contributed by atoms with Crippen molar-refractivity contribution in [2.24, 2.45) is 7.05 Å². The molecule has 0 spiro atoms. The molecule has 2 heterocycles. The molecule has 17 heavy (non-hydrogen) atoms. The molecule has 0 bridgehead atoms. The van der Waals surface area contributed by atoms with E-state index in [4.69, 9.17) is 4.74 Å². The van der Waals surface area contributed by atoms with Crippen LogP contribution >= 0.6 is 11.3 Å². The number of thiophene rings is 1. The summed E-state index contributed by atoms with van der Waals surface area (Å²) in [6.07, 6.45) is 4.87. The van der Waals surface area contributed by atoms with Crippen LogP contribution in [0.15, 0.2) is 23.8 Å². The van der Waals surface area contributed by atoms with Crippen molar-refractivity contribution in [3.05, 3.63) is 34.3 Å². The summed E-state index contributed by atoms with van der Waals surface area (Å²) in [6.45, 7) is 0. The molecule has 2 aromatic rings. The van der Waals surface area contributed by atoms with Crippen molar-refractivity contribution < 1.29 is 4.74 Å². The predicted octanol–water partition coefficient (Wildman–Crippen LogP) is 1.99. The van der Waals surface area contributed by atoms with E-state index < -0.39 is 0 Å². The fraction of sp³-hybridized carbons (Fsp3) is 0.417. The zero-order chi connectivity index (χ0) is 12.3. The SMILES string of the molecule is CNC(Cc1cnn(C)c1)c1sccc1OC. The van der Waals surface area contributed by atoms with Crippen LogP contribution in [0.25, 0.3) is 0 Å². The Morgan fingerprint density at radius 3 is 3.00 bits per heavy atom. The maximum Gasteiger partial charge on any atom is 0.134 e. The number of hydrogen-bond acceptors (Lipinski definition) is 4. The summed E-state index contributed by atoms with van der Waals surface area (Å²) in [5.41, 5.74) is 1.22. The summed E-state index contributed by atoms with van der Waals surface area (Å²) in [7, 11) is 5.62. The smallest absolute Gasteiger partial charge is 0.134 e.